The molecular weight excluding hydrogens is 467 g/mol. The molecule has 2 fully saturated rings. The van der Waals surface area contributed by atoms with E-state index in [0.717, 1.165) is 41.8 Å². The number of morpholine rings is 2. The fourth-order valence-electron chi connectivity index (χ4n) is 4.24. The molecule has 1 aromatic carbocycles. The first-order chi connectivity index (χ1) is 16.4. The lowest BCUT2D eigenvalue weighted by Crippen LogP contribution is -2.39. The molecule has 0 amide bonds. The number of benzene rings is 1. The second kappa shape index (κ2) is 9.63. The molecule has 2 aromatic rings. The highest BCUT2D eigenvalue weighted by Gasteiger charge is 2.45. The summed E-state index contributed by atoms with van der Waals surface area (Å²) in [5, 5.41) is -0.156. The molecule has 182 valence electrons. The molecule has 0 aliphatic carbocycles. The monoisotopic (exact) mass is 493 g/mol. The van der Waals surface area contributed by atoms with Crippen LogP contribution in [0.3, 0.4) is 0 Å². The molecule has 5 rings (SSSR count). The van der Waals surface area contributed by atoms with Gasteiger partial charge >= 0.3 is 6.18 Å². The largest absolute Gasteiger partial charge is 0.418 e. The highest BCUT2D eigenvalue weighted by molar-refractivity contribution is 8.03. The van der Waals surface area contributed by atoms with Gasteiger partial charge in [0, 0.05) is 49.7 Å². The van der Waals surface area contributed by atoms with Crippen molar-refractivity contribution < 1.29 is 22.6 Å². The molecule has 34 heavy (non-hydrogen) atoms. The van der Waals surface area contributed by atoms with Crippen LogP contribution < -0.4 is 14.7 Å². The van der Waals surface area contributed by atoms with Crippen molar-refractivity contribution in [3.8, 4) is 11.3 Å². The van der Waals surface area contributed by atoms with Crippen LogP contribution in [0.2, 0.25) is 0 Å². The van der Waals surface area contributed by atoms with E-state index in [-0.39, 0.29) is 0 Å². The average Bonchev–Trinajstić information content (AvgIpc) is 3.36. The van der Waals surface area contributed by atoms with Gasteiger partial charge in [0.1, 0.15) is 5.82 Å². The number of nitrogens with zero attached hydrogens (tertiary/aromatic N) is 5. The molecule has 3 aliphatic heterocycles. The Hall–Kier alpha value is -2.50. The third-order valence-corrected chi connectivity index (χ3v) is 7.12. The summed E-state index contributed by atoms with van der Waals surface area (Å²) in [6.07, 6.45) is -2.86. The van der Waals surface area contributed by atoms with Gasteiger partial charge in [0.25, 0.3) is 0 Å². The second-order valence-electron chi connectivity index (χ2n) is 8.33. The minimum absolute atomic E-state index is 0.476. The van der Waals surface area contributed by atoms with E-state index in [0.29, 0.717) is 56.8 Å². The normalized spacial score (nSPS) is 21.4. The van der Waals surface area contributed by atoms with Crippen LogP contribution in [0.15, 0.2) is 35.9 Å². The Morgan fingerprint density at radius 3 is 2.29 bits per heavy atom. The molecule has 2 saturated heterocycles. The zero-order chi connectivity index (χ0) is 23.7. The Morgan fingerprint density at radius 2 is 1.62 bits per heavy atom. The van der Waals surface area contributed by atoms with Crippen molar-refractivity contribution in [1.82, 2.24) is 9.97 Å². The van der Waals surface area contributed by atoms with Gasteiger partial charge in [0.2, 0.25) is 5.95 Å². The number of aromatic nitrogens is 2. The molecular formula is C23H26F3N5O2S. The number of rotatable bonds is 4. The molecule has 7 nitrogen and oxygen atoms in total. The zero-order valence-electron chi connectivity index (χ0n) is 18.8. The van der Waals surface area contributed by atoms with Crippen molar-refractivity contribution in [2.24, 2.45) is 0 Å². The molecule has 1 atom stereocenters. The lowest BCUT2D eigenvalue weighted by Gasteiger charge is -2.31. The smallest absolute Gasteiger partial charge is 0.378 e. The summed E-state index contributed by atoms with van der Waals surface area (Å²) in [5.74, 6) is 1.40. The van der Waals surface area contributed by atoms with E-state index >= 15 is 0 Å². The maximum atomic E-state index is 13.6. The van der Waals surface area contributed by atoms with Crippen LogP contribution in [0.1, 0.15) is 5.56 Å². The van der Waals surface area contributed by atoms with Crippen molar-refractivity contribution in [2.45, 2.75) is 18.5 Å². The Kier molecular flexibility index (Phi) is 6.59. The third-order valence-electron chi connectivity index (χ3n) is 6.09. The quantitative estimate of drug-likeness (QED) is 0.633. The van der Waals surface area contributed by atoms with Crippen LogP contribution in [-0.4, -0.2) is 74.1 Å². The van der Waals surface area contributed by atoms with Crippen molar-refractivity contribution in [3.63, 3.8) is 0 Å². The maximum Gasteiger partial charge on any atom is 0.418 e. The van der Waals surface area contributed by atoms with Crippen molar-refractivity contribution in [2.75, 3.05) is 67.3 Å². The summed E-state index contributed by atoms with van der Waals surface area (Å²) < 4.78 is 51.7. The molecule has 0 radical (unpaired) electrons. The zero-order valence-corrected chi connectivity index (χ0v) is 19.6. The molecule has 11 heteroatoms. The first-order valence-corrected chi connectivity index (χ1v) is 12.2. The topological polar surface area (TPSA) is 54.0 Å². The number of ether oxygens (including phenoxy) is 2. The van der Waals surface area contributed by atoms with Crippen LogP contribution in [-0.2, 0) is 9.47 Å². The number of hydrogen-bond acceptors (Lipinski definition) is 8. The second-order valence-corrected chi connectivity index (χ2v) is 9.32. The van der Waals surface area contributed by atoms with Gasteiger partial charge in [-0.05, 0) is 30.0 Å². The van der Waals surface area contributed by atoms with Gasteiger partial charge in [-0.2, -0.15) is 18.2 Å². The van der Waals surface area contributed by atoms with Gasteiger partial charge in [0.05, 0.1) is 32.1 Å². The highest BCUT2D eigenvalue weighted by Crippen LogP contribution is 2.42. The Bertz CT molecular complexity index is 1020. The SMILES string of the molecule is Cc1ccc(N2C=CSC2C(F)(F)F)cc1-c1cc(N2CCOCC2)nc(N2CCOCC2)n1. The summed E-state index contributed by atoms with van der Waals surface area (Å²) in [7, 11) is 0. The molecule has 0 saturated carbocycles. The van der Waals surface area contributed by atoms with Gasteiger partial charge in [-0.15, -0.1) is 0 Å². The number of thioether (sulfide) groups is 1. The Labute approximate surface area is 200 Å². The summed E-state index contributed by atoms with van der Waals surface area (Å²) in [6.45, 7) is 7.22. The van der Waals surface area contributed by atoms with Crippen LogP contribution in [0.5, 0.6) is 0 Å². The van der Waals surface area contributed by atoms with Gasteiger partial charge in [-0.1, -0.05) is 17.8 Å². The van der Waals surface area contributed by atoms with E-state index in [1.54, 1.807) is 12.1 Å². The van der Waals surface area contributed by atoms with Crippen LogP contribution >= 0.6 is 11.8 Å². The summed E-state index contributed by atoms with van der Waals surface area (Å²) in [6, 6.07) is 7.29. The Morgan fingerprint density at radius 1 is 0.941 bits per heavy atom. The van der Waals surface area contributed by atoms with Crippen molar-refractivity contribution >= 4 is 29.2 Å². The van der Waals surface area contributed by atoms with Crippen LogP contribution in [0.4, 0.5) is 30.6 Å². The molecule has 0 spiro atoms. The number of halogens is 3. The van der Waals surface area contributed by atoms with Crippen LogP contribution in [0.25, 0.3) is 11.3 Å². The molecule has 1 aromatic heterocycles. The van der Waals surface area contributed by atoms with E-state index in [1.165, 1.54) is 16.5 Å². The minimum Gasteiger partial charge on any atom is -0.378 e. The lowest BCUT2D eigenvalue weighted by atomic mass is 10.0. The van der Waals surface area contributed by atoms with E-state index in [4.69, 9.17) is 19.4 Å². The van der Waals surface area contributed by atoms with E-state index in [1.807, 2.05) is 19.1 Å². The van der Waals surface area contributed by atoms with Gasteiger partial charge in [0.15, 0.2) is 5.37 Å². The summed E-state index contributed by atoms with van der Waals surface area (Å²) >= 11 is 0.758. The van der Waals surface area contributed by atoms with Gasteiger partial charge in [-0.3, -0.25) is 0 Å². The minimum atomic E-state index is -4.35. The number of alkyl halides is 3. The fraction of sp³-hybridized carbons (Fsp3) is 0.478. The van der Waals surface area contributed by atoms with E-state index in [2.05, 4.69) is 9.80 Å². The van der Waals surface area contributed by atoms with Gasteiger partial charge in [-0.25, -0.2) is 4.98 Å². The Balaban J connectivity index is 1.55. The summed E-state index contributed by atoms with van der Waals surface area (Å²) in [4.78, 5) is 15.2. The number of hydrogen-bond donors (Lipinski definition) is 0. The number of anilines is 3. The first-order valence-electron chi connectivity index (χ1n) is 11.2. The predicted octanol–water partition coefficient (Wildman–Crippen LogP) is 4.04. The van der Waals surface area contributed by atoms with E-state index in [9.17, 15) is 13.2 Å². The lowest BCUT2D eigenvalue weighted by molar-refractivity contribution is -0.126. The molecule has 0 N–H and O–H groups in total. The first kappa shape index (κ1) is 23.3. The highest BCUT2D eigenvalue weighted by atomic mass is 32.2. The number of aryl methyl sites for hydroxylation is 1. The molecule has 4 heterocycles. The average molecular weight is 494 g/mol. The third kappa shape index (κ3) is 4.82. The van der Waals surface area contributed by atoms with Crippen molar-refractivity contribution in [1.29, 1.82) is 0 Å². The fourth-order valence-corrected chi connectivity index (χ4v) is 5.07. The molecule has 3 aliphatic rings. The van der Waals surface area contributed by atoms with E-state index < -0.39 is 11.6 Å². The van der Waals surface area contributed by atoms with Crippen LogP contribution in [0, 0.1) is 6.92 Å². The molecule has 0 bridgehead atoms. The maximum absolute atomic E-state index is 13.6. The standard InChI is InChI=1S/C23H26F3N5O2S/c1-16-2-3-17(31-8-13-34-21(31)23(24,25)26)14-18(16)19-15-20(29-4-9-32-10-5-29)28-22(27-19)30-6-11-33-12-7-30/h2-3,8,13-15,21H,4-7,9-12H2,1H3. The van der Waals surface area contributed by atoms with Gasteiger partial charge < -0.3 is 24.2 Å². The predicted molar refractivity (Wildman–Crippen MR) is 127 cm³/mol. The molecule has 1 unspecified atom stereocenters. The van der Waals surface area contributed by atoms with Crippen molar-refractivity contribution in [3.05, 3.63) is 41.4 Å². The summed E-state index contributed by atoms with van der Waals surface area (Å²) in [5.41, 5.74) is 2.89.